The number of alkyl carbamates (subject to hydrolysis) is 1. The number of nitrogens with one attached hydrogen (secondary N) is 1. The number of amides is 1. The van der Waals surface area contributed by atoms with Crippen molar-refractivity contribution in [2.45, 2.75) is 71.8 Å². The van der Waals surface area contributed by atoms with E-state index >= 15 is 0 Å². The van der Waals surface area contributed by atoms with Gasteiger partial charge < -0.3 is 15.2 Å². The van der Waals surface area contributed by atoms with Crippen molar-refractivity contribution in [1.82, 2.24) is 5.32 Å². The number of hydrogen-bond donors (Lipinski definition) is 2. The van der Waals surface area contributed by atoms with Crippen LogP contribution in [0.15, 0.2) is 24.3 Å². The fourth-order valence-electron chi connectivity index (χ4n) is 2.85. The first kappa shape index (κ1) is 22.4. The molecule has 0 radical (unpaired) electrons. The van der Waals surface area contributed by atoms with Crippen LogP contribution in [0.1, 0.15) is 65.0 Å². The summed E-state index contributed by atoms with van der Waals surface area (Å²) in [4.78, 5) is 12.0. The maximum atomic E-state index is 12.0. The second-order valence-electron chi connectivity index (χ2n) is 7.11. The molecule has 24 heavy (non-hydrogen) atoms. The zero-order valence-corrected chi connectivity index (χ0v) is 16.4. The summed E-state index contributed by atoms with van der Waals surface area (Å²) in [5.41, 5.74) is 2.06. The van der Waals surface area contributed by atoms with Crippen LogP contribution in [0.3, 0.4) is 0 Å². The molecule has 1 atom stereocenters. The molecule has 0 aliphatic carbocycles. The highest BCUT2D eigenvalue weighted by atomic mass is 16.6. The van der Waals surface area contributed by atoms with E-state index in [4.69, 9.17) is 9.84 Å². The molecule has 2 N–H and O–H groups in total. The summed E-state index contributed by atoms with van der Waals surface area (Å²) in [7, 11) is 1.00. The molecule has 1 aromatic rings. The van der Waals surface area contributed by atoms with Crippen LogP contribution in [0, 0.1) is 6.92 Å². The average molecular weight is 338 g/mol. The average Bonchev–Trinajstić information content (AvgIpc) is 2.52. The predicted octanol–water partition coefficient (Wildman–Crippen LogP) is 4.58. The summed E-state index contributed by atoms with van der Waals surface area (Å²) in [5.74, 6) is 0. The lowest BCUT2D eigenvalue weighted by Crippen LogP contribution is -2.42. The first-order valence-electron chi connectivity index (χ1n) is 8.71. The normalized spacial score (nSPS) is 13.3. The Bertz CT molecular complexity index is 494. The summed E-state index contributed by atoms with van der Waals surface area (Å²) in [6.45, 7) is 12.7. The van der Waals surface area contributed by atoms with Crippen LogP contribution in [-0.4, -0.2) is 30.5 Å². The number of rotatable bonds is 6. The summed E-state index contributed by atoms with van der Waals surface area (Å²) >= 11 is 0. The Morgan fingerprint density at radius 2 is 1.83 bits per heavy atom. The monoisotopic (exact) mass is 337 g/mol. The molecule has 0 heterocycles. The highest BCUT2D eigenvalue weighted by Crippen LogP contribution is 2.33. The van der Waals surface area contributed by atoms with Gasteiger partial charge in [0, 0.05) is 19.1 Å². The van der Waals surface area contributed by atoms with Gasteiger partial charge in [-0.05, 0) is 46.1 Å². The van der Waals surface area contributed by atoms with Crippen LogP contribution >= 0.6 is 0 Å². The van der Waals surface area contributed by atoms with Gasteiger partial charge in [-0.25, -0.2) is 4.79 Å². The third-order valence-corrected chi connectivity index (χ3v) is 4.01. The molecule has 138 valence electrons. The summed E-state index contributed by atoms with van der Waals surface area (Å²) in [6, 6.07) is 8.61. The minimum absolute atomic E-state index is 0.0301. The van der Waals surface area contributed by atoms with Crippen molar-refractivity contribution in [3.63, 3.8) is 0 Å². The Labute approximate surface area is 147 Å². The van der Waals surface area contributed by atoms with E-state index in [1.54, 1.807) is 0 Å². The van der Waals surface area contributed by atoms with E-state index in [1.165, 1.54) is 11.1 Å². The van der Waals surface area contributed by atoms with Crippen LogP contribution in [0.2, 0.25) is 0 Å². The fraction of sp³-hybridized carbons (Fsp3) is 0.650. The second kappa shape index (κ2) is 10.3. The molecular formula is C20H35NO3. The fourth-order valence-corrected chi connectivity index (χ4v) is 2.85. The first-order valence-corrected chi connectivity index (χ1v) is 8.71. The topological polar surface area (TPSA) is 58.6 Å². The summed E-state index contributed by atoms with van der Waals surface area (Å²) in [6.07, 6.45) is 2.77. The highest BCUT2D eigenvalue weighted by molar-refractivity contribution is 5.67. The molecule has 0 saturated heterocycles. The standard InChI is InChI=1S/C19H31NO2.CH4O/c1-7-12-19(8-2,16-11-9-10-15(3)13-16)14-20-17(21)22-18(4,5)6;1-2/h9-11,13H,7-8,12,14H2,1-6H3,(H,20,21);2H,1H3. The lowest BCUT2D eigenvalue weighted by molar-refractivity contribution is 0.0511. The van der Waals surface area contributed by atoms with Crippen LogP contribution in [0.5, 0.6) is 0 Å². The molecule has 1 amide bonds. The predicted molar refractivity (Wildman–Crippen MR) is 100 cm³/mol. The minimum Gasteiger partial charge on any atom is -0.444 e. The Morgan fingerprint density at radius 3 is 2.29 bits per heavy atom. The molecule has 0 spiro atoms. The first-order chi connectivity index (χ1) is 11.2. The van der Waals surface area contributed by atoms with Crippen molar-refractivity contribution in [3.8, 4) is 0 Å². The number of aryl methyl sites for hydroxylation is 1. The molecule has 1 rings (SSSR count). The number of aliphatic hydroxyl groups is 1. The lowest BCUT2D eigenvalue weighted by atomic mass is 9.74. The molecule has 1 unspecified atom stereocenters. The van der Waals surface area contributed by atoms with Gasteiger partial charge in [0.1, 0.15) is 5.60 Å². The number of hydrogen-bond acceptors (Lipinski definition) is 3. The van der Waals surface area contributed by atoms with E-state index in [9.17, 15) is 4.79 Å². The molecule has 0 fully saturated rings. The molecular weight excluding hydrogens is 302 g/mol. The Morgan fingerprint density at radius 1 is 1.21 bits per heavy atom. The van der Waals surface area contributed by atoms with Crippen molar-refractivity contribution in [3.05, 3.63) is 35.4 Å². The molecule has 0 aromatic heterocycles. The number of benzene rings is 1. The molecule has 0 aliphatic heterocycles. The van der Waals surface area contributed by atoms with E-state index in [0.29, 0.717) is 6.54 Å². The van der Waals surface area contributed by atoms with Gasteiger partial charge in [0.15, 0.2) is 0 Å². The van der Waals surface area contributed by atoms with Gasteiger partial charge in [-0.15, -0.1) is 0 Å². The minimum atomic E-state index is -0.465. The van der Waals surface area contributed by atoms with Gasteiger partial charge >= 0.3 is 6.09 Å². The maximum absolute atomic E-state index is 12.0. The van der Waals surface area contributed by atoms with Crippen LogP contribution < -0.4 is 5.32 Å². The maximum Gasteiger partial charge on any atom is 0.407 e. The van der Waals surface area contributed by atoms with Crippen LogP contribution in [0.4, 0.5) is 4.79 Å². The number of carbonyl (C=O) groups is 1. The SMILES string of the molecule is CCCC(CC)(CNC(=O)OC(C)(C)C)c1cccc(C)c1.CO. The number of carbonyl (C=O) groups excluding carboxylic acids is 1. The lowest BCUT2D eigenvalue weighted by Gasteiger charge is -2.34. The Balaban J connectivity index is 0.00000254. The van der Waals surface area contributed by atoms with E-state index < -0.39 is 5.60 Å². The summed E-state index contributed by atoms with van der Waals surface area (Å²) in [5, 5.41) is 9.97. The van der Waals surface area contributed by atoms with Gasteiger partial charge in [-0.3, -0.25) is 0 Å². The van der Waals surface area contributed by atoms with Crippen molar-refractivity contribution in [1.29, 1.82) is 0 Å². The third kappa shape index (κ3) is 7.35. The highest BCUT2D eigenvalue weighted by Gasteiger charge is 2.30. The molecule has 1 aromatic carbocycles. The van der Waals surface area contributed by atoms with Crippen molar-refractivity contribution < 1.29 is 14.6 Å². The molecule has 4 nitrogen and oxygen atoms in total. The van der Waals surface area contributed by atoms with Crippen LogP contribution in [-0.2, 0) is 10.2 Å². The van der Waals surface area contributed by atoms with Crippen molar-refractivity contribution >= 4 is 6.09 Å². The van der Waals surface area contributed by atoms with Gasteiger partial charge in [0.25, 0.3) is 0 Å². The molecule has 0 aliphatic rings. The zero-order chi connectivity index (χ0) is 18.8. The zero-order valence-electron chi connectivity index (χ0n) is 16.4. The van der Waals surface area contributed by atoms with E-state index in [1.807, 2.05) is 20.8 Å². The number of ether oxygens (including phenoxy) is 1. The second-order valence-corrected chi connectivity index (χ2v) is 7.11. The molecule has 0 saturated carbocycles. The quantitative estimate of drug-likeness (QED) is 0.799. The molecule has 0 bridgehead atoms. The van der Waals surface area contributed by atoms with E-state index in [-0.39, 0.29) is 11.5 Å². The van der Waals surface area contributed by atoms with Crippen molar-refractivity contribution in [2.24, 2.45) is 0 Å². The third-order valence-electron chi connectivity index (χ3n) is 4.01. The largest absolute Gasteiger partial charge is 0.444 e. The Hall–Kier alpha value is -1.55. The summed E-state index contributed by atoms with van der Waals surface area (Å²) < 4.78 is 5.37. The van der Waals surface area contributed by atoms with Crippen LogP contribution in [0.25, 0.3) is 0 Å². The Kier molecular flexibility index (Phi) is 9.67. The van der Waals surface area contributed by atoms with Gasteiger partial charge in [-0.2, -0.15) is 0 Å². The van der Waals surface area contributed by atoms with Gasteiger partial charge in [-0.1, -0.05) is 50.1 Å². The van der Waals surface area contributed by atoms with Gasteiger partial charge in [0.05, 0.1) is 0 Å². The van der Waals surface area contributed by atoms with Crippen molar-refractivity contribution in [2.75, 3.05) is 13.7 Å². The van der Waals surface area contributed by atoms with E-state index in [2.05, 4.69) is 50.4 Å². The number of aliphatic hydroxyl groups excluding tert-OH is 1. The van der Waals surface area contributed by atoms with E-state index in [0.717, 1.165) is 26.4 Å². The smallest absolute Gasteiger partial charge is 0.407 e. The van der Waals surface area contributed by atoms with Gasteiger partial charge in [0.2, 0.25) is 0 Å². The molecule has 4 heteroatoms.